The lowest BCUT2D eigenvalue weighted by Gasteiger charge is -2.20. The summed E-state index contributed by atoms with van der Waals surface area (Å²) in [6.45, 7) is 4.52. The maximum Gasteiger partial charge on any atom is 0.341 e. The summed E-state index contributed by atoms with van der Waals surface area (Å²) in [4.78, 5) is 18.4. The lowest BCUT2D eigenvalue weighted by Crippen LogP contribution is -2.25. The highest BCUT2D eigenvalue weighted by Gasteiger charge is 2.27. The van der Waals surface area contributed by atoms with Crippen LogP contribution in [0.4, 0.5) is 11.5 Å². The van der Waals surface area contributed by atoms with Crippen LogP contribution in [0.15, 0.2) is 12.3 Å². The molecule has 2 rings (SSSR count). The van der Waals surface area contributed by atoms with Crippen molar-refractivity contribution in [3.8, 4) is 0 Å². The minimum absolute atomic E-state index is 0.333. The number of aromatic nitrogens is 1. The van der Waals surface area contributed by atoms with Crippen molar-refractivity contribution in [2.24, 2.45) is 5.92 Å². The van der Waals surface area contributed by atoms with E-state index >= 15 is 0 Å². The number of esters is 1. The van der Waals surface area contributed by atoms with Crippen LogP contribution in [-0.4, -0.2) is 44.4 Å². The van der Waals surface area contributed by atoms with Crippen molar-refractivity contribution in [3.05, 3.63) is 17.8 Å². The molecule has 0 saturated carbocycles. The molecule has 1 aliphatic heterocycles. The summed E-state index contributed by atoms with van der Waals surface area (Å²) >= 11 is 0. The van der Waals surface area contributed by atoms with Gasteiger partial charge in [0.05, 0.1) is 25.1 Å². The zero-order valence-electron chi connectivity index (χ0n) is 12.0. The average molecular weight is 279 g/mol. The van der Waals surface area contributed by atoms with Gasteiger partial charge in [0.2, 0.25) is 0 Å². The number of nitrogen functional groups attached to an aromatic ring is 1. The van der Waals surface area contributed by atoms with Gasteiger partial charge in [-0.2, -0.15) is 0 Å². The molecule has 20 heavy (non-hydrogen) atoms. The van der Waals surface area contributed by atoms with Gasteiger partial charge < -0.3 is 20.1 Å². The number of anilines is 2. The molecule has 6 heteroatoms. The van der Waals surface area contributed by atoms with Crippen LogP contribution in [0.2, 0.25) is 0 Å². The van der Waals surface area contributed by atoms with E-state index in [1.165, 1.54) is 0 Å². The number of carbonyl (C=O) groups is 1. The van der Waals surface area contributed by atoms with Crippen LogP contribution in [0.1, 0.15) is 23.7 Å². The summed E-state index contributed by atoms with van der Waals surface area (Å²) < 4.78 is 10.3. The third-order valence-electron chi connectivity index (χ3n) is 3.37. The molecule has 0 spiro atoms. The van der Waals surface area contributed by atoms with Gasteiger partial charge in [-0.25, -0.2) is 9.78 Å². The number of hydrogen-bond acceptors (Lipinski definition) is 6. The molecule has 110 valence electrons. The molecule has 1 aromatic rings. The lowest BCUT2D eigenvalue weighted by molar-refractivity contribution is 0.0526. The second-order valence-corrected chi connectivity index (χ2v) is 4.92. The number of carbonyl (C=O) groups excluding carboxylic acids is 1. The van der Waals surface area contributed by atoms with E-state index in [2.05, 4.69) is 9.88 Å². The number of nitrogens with zero attached hydrogens (tertiary/aromatic N) is 2. The van der Waals surface area contributed by atoms with Crippen LogP contribution in [0, 0.1) is 5.92 Å². The van der Waals surface area contributed by atoms with Crippen molar-refractivity contribution in [1.29, 1.82) is 0 Å². The number of hydrogen-bond donors (Lipinski definition) is 1. The van der Waals surface area contributed by atoms with Crippen molar-refractivity contribution in [2.75, 3.05) is 44.0 Å². The largest absolute Gasteiger partial charge is 0.462 e. The van der Waals surface area contributed by atoms with Gasteiger partial charge in [-0.3, -0.25) is 0 Å². The van der Waals surface area contributed by atoms with E-state index in [1.807, 2.05) is 0 Å². The number of rotatable bonds is 5. The number of ether oxygens (including phenoxy) is 2. The van der Waals surface area contributed by atoms with Crippen LogP contribution < -0.4 is 10.6 Å². The Morgan fingerprint density at radius 1 is 1.60 bits per heavy atom. The SMILES string of the molecule is CCOC(=O)c1cc(N)cnc1N1CCC(COC)C1. The molecule has 0 aliphatic carbocycles. The maximum absolute atomic E-state index is 12.0. The van der Waals surface area contributed by atoms with Gasteiger partial charge in [-0.05, 0) is 19.4 Å². The molecule has 0 radical (unpaired) electrons. The second-order valence-electron chi connectivity index (χ2n) is 4.92. The van der Waals surface area contributed by atoms with Gasteiger partial charge >= 0.3 is 5.97 Å². The molecular formula is C14H21N3O3. The molecule has 1 unspecified atom stereocenters. The Labute approximate surface area is 118 Å². The first-order valence-electron chi connectivity index (χ1n) is 6.82. The fourth-order valence-electron chi connectivity index (χ4n) is 2.48. The smallest absolute Gasteiger partial charge is 0.341 e. The molecule has 0 amide bonds. The van der Waals surface area contributed by atoms with Gasteiger partial charge in [-0.15, -0.1) is 0 Å². The Balaban J connectivity index is 2.21. The zero-order valence-corrected chi connectivity index (χ0v) is 12.0. The summed E-state index contributed by atoms with van der Waals surface area (Å²) in [6, 6.07) is 1.63. The zero-order chi connectivity index (χ0) is 14.5. The quantitative estimate of drug-likeness (QED) is 0.819. The van der Waals surface area contributed by atoms with E-state index in [9.17, 15) is 4.79 Å². The first kappa shape index (κ1) is 14.6. The lowest BCUT2D eigenvalue weighted by atomic mass is 10.1. The molecule has 6 nitrogen and oxygen atoms in total. The van der Waals surface area contributed by atoms with Crippen LogP contribution in [0.25, 0.3) is 0 Å². The predicted molar refractivity (Wildman–Crippen MR) is 76.8 cm³/mol. The standard InChI is InChI=1S/C14H21N3O3/c1-3-20-14(18)12-6-11(15)7-16-13(12)17-5-4-10(8-17)9-19-2/h6-7,10H,3-5,8-9,15H2,1-2H3. The molecule has 1 saturated heterocycles. The monoisotopic (exact) mass is 279 g/mol. The topological polar surface area (TPSA) is 77.7 Å². The van der Waals surface area contributed by atoms with E-state index in [1.54, 1.807) is 26.3 Å². The number of nitrogens with two attached hydrogens (primary N) is 1. The summed E-state index contributed by atoms with van der Waals surface area (Å²) in [6.07, 6.45) is 2.60. The van der Waals surface area contributed by atoms with Crippen LogP contribution in [0.5, 0.6) is 0 Å². The third kappa shape index (κ3) is 3.19. The Morgan fingerprint density at radius 2 is 2.40 bits per heavy atom. The van der Waals surface area contributed by atoms with Gasteiger partial charge in [0.1, 0.15) is 11.4 Å². The van der Waals surface area contributed by atoms with E-state index in [0.29, 0.717) is 29.6 Å². The Bertz CT molecular complexity index is 479. The van der Waals surface area contributed by atoms with Crippen LogP contribution in [-0.2, 0) is 9.47 Å². The minimum atomic E-state index is -0.377. The third-order valence-corrected chi connectivity index (χ3v) is 3.37. The highest BCUT2D eigenvalue weighted by atomic mass is 16.5. The molecule has 1 aliphatic rings. The highest BCUT2D eigenvalue weighted by Crippen LogP contribution is 2.27. The maximum atomic E-state index is 12.0. The Kier molecular flexibility index (Phi) is 4.79. The summed E-state index contributed by atoms with van der Waals surface area (Å²) in [5.74, 6) is 0.739. The van der Waals surface area contributed by atoms with Crippen molar-refractivity contribution in [3.63, 3.8) is 0 Å². The van der Waals surface area contributed by atoms with Crippen molar-refractivity contribution in [2.45, 2.75) is 13.3 Å². The molecular weight excluding hydrogens is 258 g/mol. The molecule has 2 N–H and O–H groups in total. The van der Waals surface area contributed by atoms with Gasteiger partial charge in [0, 0.05) is 26.1 Å². The highest BCUT2D eigenvalue weighted by molar-refractivity contribution is 5.95. The normalized spacial score (nSPS) is 18.3. The molecule has 1 fully saturated rings. The van der Waals surface area contributed by atoms with Crippen LogP contribution in [0.3, 0.4) is 0 Å². The van der Waals surface area contributed by atoms with E-state index in [-0.39, 0.29) is 5.97 Å². The van der Waals surface area contributed by atoms with Crippen molar-refractivity contribution in [1.82, 2.24) is 4.98 Å². The fraction of sp³-hybridized carbons (Fsp3) is 0.571. The number of pyridine rings is 1. The van der Waals surface area contributed by atoms with Crippen LogP contribution >= 0.6 is 0 Å². The van der Waals surface area contributed by atoms with E-state index < -0.39 is 0 Å². The Morgan fingerprint density at radius 3 is 3.10 bits per heavy atom. The van der Waals surface area contributed by atoms with Crippen molar-refractivity contribution >= 4 is 17.5 Å². The molecule has 1 aromatic heterocycles. The number of methoxy groups -OCH3 is 1. The first-order valence-corrected chi connectivity index (χ1v) is 6.82. The molecule has 0 bridgehead atoms. The van der Waals surface area contributed by atoms with Gasteiger partial charge in [0.15, 0.2) is 0 Å². The molecule has 0 aromatic carbocycles. The summed E-state index contributed by atoms with van der Waals surface area (Å²) in [7, 11) is 1.70. The second kappa shape index (κ2) is 6.56. The molecule has 1 atom stereocenters. The summed E-state index contributed by atoms with van der Waals surface area (Å²) in [5.41, 5.74) is 6.62. The van der Waals surface area contributed by atoms with Crippen molar-refractivity contribution < 1.29 is 14.3 Å². The van der Waals surface area contributed by atoms with E-state index in [4.69, 9.17) is 15.2 Å². The van der Waals surface area contributed by atoms with Gasteiger partial charge in [0.25, 0.3) is 0 Å². The summed E-state index contributed by atoms with van der Waals surface area (Å²) in [5, 5.41) is 0. The first-order chi connectivity index (χ1) is 9.65. The fourth-order valence-corrected chi connectivity index (χ4v) is 2.48. The van der Waals surface area contributed by atoms with Gasteiger partial charge in [-0.1, -0.05) is 0 Å². The minimum Gasteiger partial charge on any atom is -0.462 e. The Hall–Kier alpha value is -1.82. The average Bonchev–Trinajstić information content (AvgIpc) is 2.88. The molecule has 2 heterocycles. The van der Waals surface area contributed by atoms with E-state index in [0.717, 1.165) is 26.1 Å². The predicted octanol–water partition coefficient (Wildman–Crippen LogP) is 1.31.